The first-order chi connectivity index (χ1) is 41.9. The molecule has 6 aliphatic rings. The van der Waals surface area contributed by atoms with Crippen LogP contribution in [0.3, 0.4) is 0 Å². The highest BCUT2D eigenvalue weighted by Crippen LogP contribution is 2.42. The van der Waals surface area contributed by atoms with Gasteiger partial charge in [-0.2, -0.15) is 9.97 Å². The largest absolute Gasteiger partial charge is 0.468 e. The summed E-state index contributed by atoms with van der Waals surface area (Å²) >= 11 is 0. The van der Waals surface area contributed by atoms with Gasteiger partial charge >= 0.3 is 17.8 Å². The number of aromatic nitrogens is 5. The molecule has 3 unspecified atom stereocenters. The van der Waals surface area contributed by atoms with Crippen LogP contribution in [0.1, 0.15) is 123 Å². The molecule has 0 radical (unpaired) electrons. The summed E-state index contributed by atoms with van der Waals surface area (Å²) in [4.78, 5) is 77.9. The summed E-state index contributed by atoms with van der Waals surface area (Å²) in [6.07, 6.45) is 17.4. The van der Waals surface area contributed by atoms with E-state index in [4.69, 9.17) is 35.3 Å². The van der Waals surface area contributed by atoms with Crippen LogP contribution in [-0.4, -0.2) is 160 Å². The van der Waals surface area contributed by atoms with Gasteiger partial charge in [-0.1, -0.05) is 12.0 Å². The Labute approximate surface area is 506 Å². The number of pyridine rings is 1. The number of anilines is 2. The molecule has 0 saturated carbocycles. The topological polar surface area (TPSA) is 182 Å². The molecule has 1 N–H and O–H groups in total. The molecular formula is C66H81F2N11O8. The highest BCUT2D eigenvalue weighted by Gasteiger charge is 2.45. The second kappa shape index (κ2) is 25.0. The van der Waals surface area contributed by atoms with Crippen molar-refractivity contribution in [3.05, 3.63) is 76.3 Å². The van der Waals surface area contributed by atoms with Crippen molar-refractivity contribution in [2.24, 2.45) is 17.8 Å². The third-order valence-electron chi connectivity index (χ3n) is 19.0. The third-order valence-corrected chi connectivity index (χ3v) is 19.0. The summed E-state index contributed by atoms with van der Waals surface area (Å²) in [6.45, 7) is 18.5. The first-order valence-corrected chi connectivity index (χ1v) is 31.3. The fourth-order valence-electron chi connectivity index (χ4n) is 14.6. The predicted octanol–water partition coefficient (Wildman–Crippen LogP) is 9.46. The quantitative estimate of drug-likeness (QED) is 0.0549. The maximum atomic E-state index is 17.6. The summed E-state index contributed by atoms with van der Waals surface area (Å²) < 4.78 is 59.5. The summed E-state index contributed by atoms with van der Waals surface area (Å²) in [5.74, 6) is 3.21. The second-order valence-electron chi connectivity index (χ2n) is 26.2. The van der Waals surface area contributed by atoms with Gasteiger partial charge in [0.1, 0.15) is 46.8 Å². The lowest BCUT2D eigenvalue weighted by atomic mass is 9.82. The molecule has 462 valence electrons. The number of fused-ring (bicyclic) bond motifs is 5. The van der Waals surface area contributed by atoms with E-state index in [-0.39, 0.29) is 84.0 Å². The lowest BCUT2D eigenvalue weighted by Crippen LogP contribution is -2.57. The fraction of sp³-hybridized carbons (Fsp3) is 0.561. The number of likely N-dealkylation sites (tertiary alicyclic amines) is 2. The average Bonchev–Trinajstić information content (AvgIpc) is 1.93. The molecule has 0 aliphatic carbocycles. The number of rotatable bonds is 16. The van der Waals surface area contributed by atoms with E-state index in [0.29, 0.717) is 65.6 Å². The molecule has 87 heavy (non-hydrogen) atoms. The molecular weight excluding hydrogens is 1110 g/mol. The zero-order chi connectivity index (χ0) is 60.8. The number of ether oxygens (including phenoxy) is 4. The molecule has 2 bridgehead atoms. The molecule has 12 rings (SSSR count). The van der Waals surface area contributed by atoms with E-state index in [0.717, 1.165) is 107 Å². The van der Waals surface area contributed by atoms with Crippen molar-refractivity contribution in [1.29, 1.82) is 0 Å². The number of imide groups is 1. The van der Waals surface area contributed by atoms with Gasteiger partial charge in [0.25, 0.3) is 0 Å². The van der Waals surface area contributed by atoms with Gasteiger partial charge in [-0.05, 0) is 185 Å². The van der Waals surface area contributed by atoms with Gasteiger partial charge in [0.2, 0.25) is 11.8 Å². The van der Waals surface area contributed by atoms with Gasteiger partial charge < -0.3 is 33.6 Å². The monoisotopic (exact) mass is 1190 g/mol. The molecule has 9 heterocycles. The number of carbonyl (C=O) groups excluding carboxylic acids is 3. The Morgan fingerprint density at radius 3 is 2.20 bits per heavy atom. The molecule has 21 heteroatoms. The Balaban J connectivity index is 0.659. The van der Waals surface area contributed by atoms with Crippen LogP contribution in [0, 0.1) is 41.7 Å². The smallest absolute Gasteiger partial charge is 0.410 e. The highest BCUT2D eigenvalue weighted by atomic mass is 19.1. The zero-order valence-electron chi connectivity index (χ0n) is 51.0. The minimum Gasteiger partial charge on any atom is -0.468 e. The van der Waals surface area contributed by atoms with E-state index in [9.17, 15) is 19.2 Å². The van der Waals surface area contributed by atoms with Crippen LogP contribution < -0.4 is 30.3 Å². The van der Waals surface area contributed by atoms with Gasteiger partial charge in [0, 0.05) is 81.7 Å². The van der Waals surface area contributed by atoms with Crippen LogP contribution in [0.4, 0.5) is 25.1 Å². The minimum atomic E-state index is -0.756. The zero-order valence-corrected chi connectivity index (χ0v) is 51.0. The maximum absolute atomic E-state index is 17.6. The van der Waals surface area contributed by atoms with E-state index in [2.05, 4.69) is 48.0 Å². The van der Waals surface area contributed by atoms with Crippen molar-refractivity contribution >= 4 is 62.1 Å². The van der Waals surface area contributed by atoms with Crippen LogP contribution in [0.5, 0.6) is 11.8 Å². The van der Waals surface area contributed by atoms with E-state index in [1.165, 1.54) is 32.4 Å². The number of piperidine rings is 4. The summed E-state index contributed by atoms with van der Waals surface area (Å²) in [5.41, 5.74) is 1.86. The van der Waals surface area contributed by atoms with Gasteiger partial charge in [-0.15, -0.1) is 6.42 Å². The van der Waals surface area contributed by atoms with Crippen molar-refractivity contribution in [3.8, 4) is 35.4 Å². The van der Waals surface area contributed by atoms with Gasteiger partial charge in [-0.3, -0.25) is 38.8 Å². The van der Waals surface area contributed by atoms with Crippen LogP contribution in [-0.2, 0) is 19.1 Å². The number of piperazine rings is 1. The number of methoxy groups -OCH3 is 1. The van der Waals surface area contributed by atoms with Crippen molar-refractivity contribution < 1.29 is 42.1 Å². The standard InChI is InChI=1S/C66H81F2N11O8/c1-8-49-52(67)13-9-44-32-48(86-39-84-7)34-50(57(44)49)59-58(68)60-51(35-69-59)61(76-37-46-10-11-47(38-76)78(46)65(83)87-66(4,5)6)72-63(71-60)85-30-29-73-23-19-43(20-24-73)36-74-25-17-41(18-26-74)31-42-21-27-75(28-22-42)45-12-14-53-55(33-45)77(40(2)3)64(82)79(53)54-15-16-56(80)70-62(54)81/h1,9,12-14,32-35,40-43,46-47,54H,10-11,15-31,36-39H2,2-7H3,(H,70,80,81). The molecule has 3 amide bonds. The molecule has 6 aromatic rings. The molecule has 6 saturated heterocycles. The number of hydrogen-bond donors (Lipinski definition) is 1. The second-order valence-corrected chi connectivity index (χ2v) is 26.2. The Kier molecular flexibility index (Phi) is 17.2. The van der Waals surface area contributed by atoms with E-state index in [1.807, 2.05) is 45.6 Å². The number of amides is 3. The van der Waals surface area contributed by atoms with Gasteiger partial charge in [0.15, 0.2) is 12.6 Å². The van der Waals surface area contributed by atoms with Crippen molar-refractivity contribution in [1.82, 2.24) is 44.1 Å². The Morgan fingerprint density at radius 1 is 0.816 bits per heavy atom. The van der Waals surface area contributed by atoms with Crippen LogP contribution in [0.2, 0.25) is 0 Å². The third kappa shape index (κ3) is 12.4. The number of carbonyl (C=O) groups is 3. The van der Waals surface area contributed by atoms with Crippen molar-refractivity contribution in [2.45, 2.75) is 135 Å². The van der Waals surface area contributed by atoms with E-state index >= 15 is 8.78 Å². The Hall–Kier alpha value is -7.41. The first kappa shape index (κ1) is 59.9. The van der Waals surface area contributed by atoms with E-state index < -0.39 is 29.2 Å². The summed E-state index contributed by atoms with van der Waals surface area (Å²) in [6, 6.07) is 11.2. The number of imidazole rings is 1. The first-order valence-electron chi connectivity index (χ1n) is 31.3. The van der Waals surface area contributed by atoms with Crippen LogP contribution in [0.15, 0.2) is 53.5 Å². The Morgan fingerprint density at radius 2 is 1.52 bits per heavy atom. The van der Waals surface area contributed by atoms with Crippen molar-refractivity contribution in [2.75, 3.05) is 95.8 Å². The van der Waals surface area contributed by atoms with Crippen LogP contribution >= 0.6 is 0 Å². The van der Waals surface area contributed by atoms with Crippen LogP contribution in [0.25, 0.3) is 44.0 Å². The lowest BCUT2D eigenvalue weighted by molar-refractivity contribution is -0.135. The van der Waals surface area contributed by atoms with Gasteiger partial charge in [0.05, 0.1) is 34.1 Å². The lowest BCUT2D eigenvalue weighted by Gasteiger charge is -2.42. The van der Waals surface area contributed by atoms with E-state index in [1.54, 1.807) is 33.5 Å². The fourth-order valence-corrected chi connectivity index (χ4v) is 14.6. The SMILES string of the molecule is C#Cc1c(F)ccc2cc(OCOC)cc(-c3ncc4c(N5CC6CCC(C5)N6C(=O)OC(C)(C)C)nc(OCCN5CCC(CN6CCC(CC7CCN(c8ccc9c(c8)n(C(C)C)c(=O)n9C8CCC(=O)NC8=O)CC7)CC6)CC5)nc4c3F)c12. The average molecular weight is 1190 g/mol. The van der Waals surface area contributed by atoms with Crippen molar-refractivity contribution in [3.63, 3.8) is 0 Å². The molecule has 3 atom stereocenters. The number of benzene rings is 3. The maximum Gasteiger partial charge on any atom is 0.410 e. The number of terminal acetylenes is 1. The number of nitrogens with one attached hydrogen (secondary N) is 1. The molecule has 19 nitrogen and oxygen atoms in total. The highest BCUT2D eigenvalue weighted by molar-refractivity contribution is 6.03. The summed E-state index contributed by atoms with van der Waals surface area (Å²) in [7, 11) is 1.49. The minimum absolute atomic E-state index is 0.0156. The van der Waals surface area contributed by atoms with Gasteiger partial charge in [-0.25, -0.2) is 18.4 Å². The molecule has 3 aromatic carbocycles. The summed E-state index contributed by atoms with van der Waals surface area (Å²) in [5, 5.41) is 3.63. The number of nitrogens with zero attached hydrogens (tertiary/aromatic N) is 10. The normalized spacial score (nSPS) is 21.4. The molecule has 6 fully saturated rings. The number of halogens is 2. The predicted molar refractivity (Wildman–Crippen MR) is 329 cm³/mol. The molecule has 6 aliphatic heterocycles. The Bertz CT molecular complexity index is 3670. The number of hydrogen-bond acceptors (Lipinski definition) is 15. The molecule has 3 aromatic heterocycles. The molecule has 0 spiro atoms.